The maximum Gasteiger partial charge on any atom is 0.307 e. The van der Waals surface area contributed by atoms with Crippen LogP contribution in [0.4, 0.5) is 0 Å². The molecule has 0 radical (unpaired) electrons. The number of halogens is 3. The van der Waals surface area contributed by atoms with E-state index in [0.29, 0.717) is 30.3 Å². The summed E-state index contributed by atoms with van der Waals surface area (Å²) in [6, 6.07) is 19.2. The van der Waals surface area contributed by atoms with Crippen molar-refractivity contribution in [3.05, 3.63) is 89.2 Å². The topological polar surface area (TPSA) is 73.1 Å². The summed E-state index contributed by atoms with van der Waals surface area (Å²) in [7, 11) is 0. The fraction of sp³-hybridized carbons (Fsp3) is 0.120. The molecular weight excluding hydrogens is 726 g/mol. The summed E-state index contributed by atoms with van der Waals surface area (Å²) < 4.78 is 20.4. The van der Waals surface area contributed by atoms with Gasteiger partial charge in [0.15, 0.2) is 17.3 Å². The van der Waals surface area contributed by atoms with Gasteiger partial charge in [0.2, 0.25) is 0 Å². The predicted molar refractivity (Wildman–Crippen MR) is 153 cm³/mol. The molecule has 0 bridgehead atoms. The molecule has 1 N–H and O–H groups in total. The Hall–Kier alpha value is -2.12. The second kappa shape index (κ2) is 11.5. The van der Waals surface area contributed by atoms with Gasteiger partial charge >= 0.3 is 5.91 Å². The normalized spacial score (nSPS) is 11.2. The number of furan rings is 1. The molecule has 34 heavy (non-hydrogen) atoms. The summed E-state index contributed by atoms with van der Waals surface area (Å²) in [5.41, 5.74) is 4.98. The number of hydrazone groups is 1. The molecule has 0 fully saturated rings. The number of hydrogen-bond donors (Lipinski definition) is 1. The molecule has 0 unspecified atom stereocenters. The molecule has 1 heterocycles. The number of carbonyl (C=O) groups excluding carboxylic acids is 1. The van der Waals surface area contributed by atoms with Crippen molar-refractivity contribution in [2.75, 3.05) is 6.61 Å². The molecule has 0 aliphatic carbocycles. The van der Waals surface area contributed by atoms with E-state index in [2.05, 4.69) is 71.6 Å². The minimum atomic E-state index is -0.430. The van der Waals surface area contributed by atoms with Crippen LogP contribution in [0.5, 0.6) is 11.5 Å². The number of fused-ring (bicyclic) bond motifs is 1. The first-order valence-electron chi connectivity index (χ1n) is 10.3. The van der Waals surface area contributed by atoms with E-state index < -0.39 is 5.91 Å². The van der Waals surface area contributed by atoms with E-state index >= 15 is 0 Å². The minimum absolute atomic E-state index is 0.189. The molecule has 0 saturated heterocycles. The lowest BCUT2D eigenvalue weighted by Crippen LogP contribution is -2.16. The van der Waals surface area contributed by atoms with Crippen LogP contribution in [0, 0.1) is 7.14 Å². The van der Waals surface area contributed by atoms with Crippen LogP contribution < -0.4 is 14.9 Å². The van der Waals surface area contributed by atoms with Gasteiger partial charge in [-0.2, -0.15) is 5.10 Å². The highest BCUT2D eigenvalue weighted by Crippen LogP contribution is 2.34. The largest absolute Gasteiger partial charge is 0.490 e. The van der Waals surface area contributed by atoms with Crippen LogP contribution in [0.3, 0.4) is 0 Å². The Morgan fingerprint density at radius 2 is 1.88 bits per heavy atom. The van der Waals surface area contributed by atoms with E-state index in [1.165, 1.54) is 3.57 Å². The van der Waals surface area contributed by atoms with Gasteiger partial charge in [0, 0.05) is 13.4 Å². The first kappa shape index (κ1) is 25.0. The van der Waals surface area contributed by atoms with E-state index in [1.807, 2.05) is 55.5 Å². The van der Waals surface area contributed by atoms with Crippen molar-refractivity contribution in [2.45, 2.75) is 13.5 Å². The smallest absolute Gasteiger partial charge is 0.307 e. The van der Waals surface area contributed by atoms with Gasteiger partial charge < -0.3 is 13.9 Å². The number of carbonyl (C=O) groups is 1. The molecule has 0 spiro atoms. The number of ether oxygens (including phenoxy) is 2. The maximum absolute atomic E-state index is 12.4. The molecule has 3 aromatic carbocycles. The zero-order valence-electron chi connectivity index (χ0n) is 18.0. The summed E-state index contributed by atoms with van der Waals surface area (Å²) in [6.45, 7) is 2.85. The predicted octanol–water partition coefficient (Wildman–Crippen LogP) is 7.15. The summed E-state index contributed by atoms with van der Waals surface area (Å²) >= 11 is 7.90. The number of rotatable bonds is 8. The van der Waals surface area contributed by atoms with Gasteiger partial charge in [-0.25, -0.2) is 5.43 Å². The number of benzene rings is 3. The fourth-order valence-electron chi connectivity index (χ4n) is 3.15. The van der Waals surface area contributed by atoms with Crippen molar-refractivity contribution in [1.29, 1.82) is 0 Å². The van der Waals surface area contributed by atoms with Crippen molar-refractivity contribution in [3.63, 3.8) is 0 Å². The molecule has 0 atom stereocenters. The monoisotopic (exact) mass is 744 g/mol. The second-order valence-electron chi connectivity index (χ2n) is 7.17. The maximum atomic E-state index is 12.4. The van der Waals surface area contributed by atoms with E-state index in [4.69, 9.17) is 13.9 Å². The van der Waals surface area contributed by atoms with Gasteiger partial charge in [0.1, 0.15) is 12.2 Å². The number of amides is 1. The van der Waals surface area contributed by atoms with E-state index in [-0.39, 0.29) is 5.76 Å². The molecule has 0 aliphatic heterocycles. The van der Waals surface area contributed by atoms with Gasteiger partial charge in [-0.05, 0) is 112 Å². The van der Waals surface area contributed by atoms with Crippen molar-refractivity contribution in [2.24, 2.45) is 5.10 Å². The first-order valence-corrected chi connectivity index (χ1v) is 13.2. The highest BCUT2D eigenvalue weighted by molar-refractivity contribution is 14.1. The third-order valence-electron chi connectivity index (χ3n) is 4.71. The van der Waals surface area contributed by atoms with Gasteiger partial charge in [0.05, 0.1) is 16.4 Å². The van der Waals surface area contributed by atoms with Crippen LogP contribution in [-0.4, -0.2) is 18.7 Å². The fourth-order valence-corrected chi connectivity index (χ4v) is 4.67. The summed E-state index contributed by atoms with van der Waals surface area (Å²) in [5.74, 6) is 1.06. The van der Waals surface area contributed by atoms with E-state index in [0.717, 1.165) is 24.6 Å². The zero-order valence-corrected chi connectivity index (χ0v) is 23.9. The highest BCUT2D eigenvalue weighted by atomic mass is 127. The van der Waals surface area contributed by atoms with Crippen molar-refractivity contribution >= 4 is 84.2 Å². The Morgan fingerprint density at radius 1 is 1.09 bits per heavy atom. The second-order valence-corrected chi connectivity index (χ2v) is 10.5. The molecule has 1 aromatic heterocycles. The Kier molecular flexibility index (Phi) is 8.48. The summed E-state index contributed by atoms with van der Waals surface area (Å²) in [5, 5.41) is 4.92. The lowest BCUT2D eigenvalue weighted by atomic mass is 10.2. The third-order valence-corrected chi connectivity index (χ3v) is 6.72. The highest BCUT2D eigenvalue weighted by Gasteiger charge is 2.14. The average molecular weight is 745 g/mol. The minimum Gasteiger partial charge on any atom is -0.490 e. The molecule has 6 nitrogen and oxygen atoms in total. The van der Waals surface area contributed by atoms with Crippen molar-refractivity contribution < 1.29 is 18.7 Å². The molecule has 0 saturated carbocycles. The molecule has 1 amide bonds. The first-order chi connectivity index (χ1) is 16.4. The zero-order chi connectivity index (χ0) is 24.1. The molecule has 174 valence electrons. The Labute approximate surface area is 232 Å². The van der Waals surface area contributed by atoms with Crippen LogP contribution in [0.1, 0.15) is 28.6 Å². The van der Waals surface area contributed by atoms with Crippen LogP contribution in [-0.2, 0) is 6.61 Å². The van der Waals surface area contributed by atoms with Gasteiger partial charge in [-0.15, -0.1) is 0 Å². The average Bonchev–Trinajstić information content (AvgIpc) is 3.23. The molecular formula is C25H19BrI2N2O4. The lowest BCUT2D eigenvalue weighted by molar-refractivity contribution is 0.0929. The van der Waals surface area contributed by atoms with Crippen LogP contribution >= 0.6 is 61.1 Å². The van der Waals surface area contributed by atoms with Gasteiger partial charge in [-0.3, -0.25) is 4.79 Å². The van der Waals surface area contributed by atoms with Gasteiger partial charge in [0.25, 0.3) is 0 Å². The molecule has 4 aromatic rings. The Balaban J connectivity index is 1.46. The van der Waals surface area contributed by atoms with Crippen LogP contribution in [0.15, 0.2) is 74.7 Å². The van der Waals surface area contributed by atoms with Crippen LogP contribution in [0.2, 0.25) is 0 Å². The quantitative estimate of drug-likeness (QED) is 0.118. The van der Waals surface area contributed by atoms with Crippen molar-refractivity contribution in [3.8, 4) is 11.5 Å². The van der Waals surface area contributed by atoms with Crippen LogP contribution in [0.25, 0.3) is 11.0 Å². The third kappa shape index (κ3) is 6.30. The standard InChI is InChI=1S/C25H19BrI2N2O4/c1-2-32-22-10-16(9-20(28)24(22)33-14-15-3-6-19(27)7-4-15)13-29-30-25(31)23-12-17-11-18(26)5-8-21(17)34-23/h3-13H,2,14H2,1H3,(H,30,31)/b29-13+. The van der Waals surface area contributed by atoms with E-state index in [1.54, 1.807) is 18.3 Å². The lowest BCUT2D eigenvalue weighted by Gasteiger charge is -2.14. The number of nitrogens with one attached hydrogen (secondary N) is 1. The summed E-state index contributed by atoms with van der Waals surface area (Å²) in [4.78, 5) is 12.4. The Morgan fingerprint density at radius 3 is 2.65 bits per heavy atom. The van der Waals surface area contributed by atoms with E-state index in [9.17, 15) is 4.79 Å². The summed E-state index contributed by atoms with van der Waals surface area (Å²) in [6.07, 6.45) is 1.56. The number of hydrogen-bond acceptors (Lipinski definition) is 5. The molecule has 9 heteroatoms. The SMILES string of the molecule is CCOc1cc(/C=N/NC(=O)c2cc3cc(Br)ccc3o2)cc(I)c1OCc1ccc(I)cc1. The Bertz CT molecular complexity index is 1350. The number of nitrogens with zero attached hydrogens (tertiary/aromatic N) is 1. The van der Waals surface area contributed by atoms with Crippen molar-refractivity contribution in [1.82, 2.24) is 5.43 Å². The molecule has 4 rings (SSSR count). The van der Waals surface area contributed by atoms with Gasteiger partial charge in [-0.1, -0.05) is 28.1 Å². The molecule has 0 aliphatic rings.